The lowest BCUT2D eigenvalue weighted by Gasteiger charge is -2.05. The Morgan fingerprint density at radius 2 is 2.31 bits per heavy atom. The summed E-state index contributed by atoms with van der Waals surface area (Å²) in [6.07, 6.45) is 0.962. The number of H-pyrrole nitrogens is 1. The van der Waals surface area contributed by atoms with Crippen LogP contribution in [-0.4, -0.2) is 10.2 Å². The van der Waals surface area contributed by atoms with Crippen LogP contribution in [-0.2, 0) is 6.42 Å². The normalized spacial score (nSPS) is 11.2. The first-order valence-corrected chi connectivity index (χ1v) is 7.11. The summed E-state index contributed by atoms with van der Waals surface area (Å²) in [5, 5.41) is 9.29. The third kappa shape index (κ3) is 2.40. The quantitative estimate of drug-likeness (QED) is 0.835. The zero-order valence-corrected chi connectivity index (χ0v) is 12.2. The zero-order valence-electron chi connectivity index (χ0n) is 9.25. The number of aromatic nitrogens is 2. The van der Waals surface area contributed by atoms with Crippen molar-refractivity contribution in [3.05, 3.63) is 19.9 Å². The molecule has 3 nitrogen and oxygen atoms in total. The van der Waals surface area contributed by atoms with Crippen LogP contribution in [0.15, 0.2) is 11.4 Å². The number of nitrogens with zero attached hydrogens (tertiary/aromatic N) is 1. The van der Waals surface area contributed by atoms with Gasteiger partial charge in [-0.15, -0.1) is 11.3 Å². The second-order valence-electron chi connectivity index (χ2n) is 4.20. The van der Waals surface area contributed by atoms with E-state index in [1.165, 1.54) is 8.45 Å². The fraction of sp³-hybridized carbons (Fsp3) is 0.364. The molecule has 0 aliphatic carbocycles. The first-order chi connectivity index (χ1) is 7.58. The number of hydrogen-bond acceptors (Lipinski definition) is 3. The predicted molar refractivity (Wildman–Crippen MR) is 77.6 cm³/mol. The Kier molecular flexibility index (Phi) is 3.53. The van der Waals surface area contributed by atoms with Gasteiger partial charge >= 0.3 is 0 Å². The van der Waals surface area contributed by atoms with Gasteiger partial charge in [0.25, 0.3) is 0 Å². The van der Waals surface area contributed by atoms with Crippen LogP contribution in [0.1, 0.15) is 19.4 Å². The van der Waals surface area contributed by atoms with Crippen molar-refractivity contribution in [2.24, 2.45) is 5.92 Å². The molecular formula is C11H14IN3S. The van der Waals surface area contributed by atoms with E-state index in [-0.39, 0.29) is 0 Å². The summed E-state index contributed by atoms with van der Waals surface area (Å²) in [7, 11) is 0. The highest BCUT2D eigenvalue weighted by Gasteiger charge is 2.14. The SMILES string of the molecule is CC(C)Cc1c(N)n[nH]c1-c1csc(I)c1. The summed E-state index contributed by atoms with van der Waals surface area (Å²) in [5.74, 6) is 1.21. The van der Waals surface area contributed by atoms with Crippen LogP contribution in [0.5, 0.6) is 0 Å². The highest BCUT2D eigenvalue weighted by atomic mass is 127. The number of nitrogens with one attached hydrogen (secondary N) is 1. The molecule has 2 aromatic heterocycles. The molecule has 0 atom stereocenters. The van der Waals surface area contributed by atoms with Crippen LogP contribution in [0.3, 0.4) is 0 Å². The number of nitrogen functional groups attached to an aromatic ring is 1. The molecule has 0 unspecified atom stereocenters. The van der Waals surface area contributed by atoms with Crippen LogP contribution < -0.4 is 5.73 Å². The van der Waals surface area contributed by atoms with Crippen LogP contribution >= 0.6 is 33.9 Å². The fourth-order valence-corrected chi connectivity index (χ4v) is 3.01. The average molecular weight is 347 g/mol. The minimum absolute atomic E-state index is 0.580. The van der Waals surface area contributed by atoms with Crippen molar-refractivity contribution in [3.63, 3.8) is 0 Å². The summed E-state index contributed by atoms with van der Waals surface area (Å²) in [5.41, 5.74) is 9.30. The zero-order chi connectivity index (χ0) is 11.7. The van der Waals surface area contributed by atoms with E-state index >= 15 is 0 Å². The average Bonchev–Trinajstić information content (AvgIpc) is 2.75. The van der Waals surface area contributed by atoms with Crippen molar-refractivity contribution in [2.45, 2.75) is 20.3 Å². The number of nitrogens with two attached hydrogens (primary N) is 1. The lowest BCUT2D eigenvalue weighted by Crippen LogP contribution is -1.98. The van der Waals surface area contributed by atoms with Gasteiger partial charge < -0.3 is 5.73 Å². The maximum absolute atomic E-state index is 5.89. The van der Waals surface area contributed by atoms with E-state index in [2.05, 4.69) is 58.1 Å². The molecule has 0 aliphatic rings. The van der Waals surface area contributed by atoms with Gasteiger partial charge in [-0.25, -0.2) is 0 Å². The van der Waals surface area contributed by atoms with Gasteiger partial charge in [0.1, 0.15) is 5.82 Å². The molecule has 2 aromatic rings. The third-order valence-corrected chi connectivity index (χ3v) is 4.16. The highest BCUT2D eigenvalue weighted by Crippen LogP contribution is 2.31. The Morgan fingerprint density at radius 3 is 2.88 bits per heavy atom. The van der Waals surface area contributed by atoms with Crippen LogP contribution in [0.25, 0.3) is 11.3 Å². The number of rotatable bonds is 3. The molecular weight excluding hydrogens is 333 g/mol. The van der Waals surface area contributed by atoms with Crippen LogP contribution in [0.4, 0.5) is 5.82 Å². The Bertz CT molecular complexity index is 487. The van der Waals surface area contributed by atoms with Gasteiger partial charge in [0.15, 0.2) is 0 Å². The first-order valence-electron chi connectivity index (χ1n) is 5.15. The Balaban J connectivity index is 2.41. The predicted octanol–water partition coefficient (Wildman–Crippen LogP) is 3.52. The van der Waals surface area contributed by atoms with E-state index in [9.17, 15) is 0 Å². The summed E-state index contributed by atoms with van der Waals surface area (Å²) in [6, 6.07) is 2.15. The number of hydrogen-bond donors (Lipinski definition) is 2. The van der Waals surface area contributed by atoms with Gasteiger partial charge in [-0.05, 0) is 41.0 Å². The van der Waals surface area contributed by atoms with E-state index in [4.69, 9.17) is 5.73 Å². The van der Waals surface area contributed by atoms with Crippen LogP contribution in [0, 0.1) is 8.80 Å². The number of halogens is 1. The molecule has 0 radical (unpaired) electrons. The van der Waals surface area contributed by atoms with Gasteiger partial charge in [-0.1, -0.05) is 13.8 Å². The summed E-state index contributed by atoms with van der Waals surface area (Å²) in [4.78, 5) is 0. The number of aromatic amines is 1. The monoisotopic (exact) mass is 347 g/mol. The van der Waals surface area contributed by atoms with Crippen molar-refractivity contribution in [1.29, 1.82) is 0 Å². The van der Waals surface area contributed by atoms with Gasteiger partial charge in [0.05, 0.1) is 8.58 Å². The van der Waals surface area contributed by atoms with Crippen molar-refractivity contribution < 1.29 is 0 Å². The fourth-order valence-electron chi connectivity index (χ4n) is 1.67. The summed E-state index contributed by atoms with van der Waals surface area (Å²) < 4.78 is 1.27. The topological polar surface area (TPSA) is 54.7 Å². The molecule has 0 spiro atoms. The minimum atomic E-state index is 0.580. The van der Waals surface area contributed by atoms with E-state index in [0.717, 1.165) is 17.7 Å². The summed E-state index contributed by atoms with van der Waals surface area (Å²) >= 11 is 4.06. The molecule has 86 valence electrons. The minimum Gasteiger partial charge on any atom is -0.382 e. The molecule has 0 amide bonds. The molecule has 0 saturated heterocycles. The molecule has 0 bridgehead atoms. The molecule has 5 heteroatoms. The lowest BCUT2D eigenvalue weighted by atomic mass is 10.0. The largest absolute Gasteiger partial charge is 0.382 e. The molecule has 0 fully saturated rings. The molecule has 3 N–H and O–H groups in total. The summed E-state index contributed by atoms with van der Waals surface area (Å²) in [6.45, 7) is 4.38. The van der Waals surface area contributed by atoms with E-state index in [1.807, 2.05) is 0 Å². The van der Waals surface area contributed by atoms with E-state index in [1.54, 1.807) is 11.3 Å². The van der Waals surface area contributed by atoms with Crippen molar-refractivity contribution >= 4 is 39.7 Å². The second-order valence-corrected chi connectivity index (χ2v) is 7.01. The molecule has 16 heavy (non-hydrogen) atoms. The molecule has 0 aromatic carbocycles. The van der Waals surface area contributed by atoms with Gasteiger partial charge in [-0.2, -0.15) is 5.10 Å². The highest BCUT2D eigenvalue weighted by molar-refractivity contribution is 14.1. The maximum Gasteiger partial charge on any atom is 0.149 e. The Hall–Kier alpha value is -0.560. The van der Waals surface area contributed by atoms with Crippen molar-refractivity contribution in [3.8, 4) is 11.3 Å². The standard InChI is InChI=1S/C11H14IN3S/c1-6(2)3-8-10(14-15-11(8)13)7-4-9(12)16-5-7/h4-6H,3H2,1-2H3,(H3,13,14,15). The van der Waals surface area contributed by atoms with Crippen LogP contribution in [0.2, 0.25) is 0 Å². The lowest BCUT2D eigenvalue weighted by molar-refractivity contribution is 0.649. The number of anilines is 1. The smallest absolute Gasteiger partial charge is 0.149 e. The third-order valence-electron chi connectivity index (χ3n) is 2.37. The molecule has 2 rings (SSSR count). The van der Waals surface area contributed by atoms with Crippen molar-refractivity contribution in [2.75, 3.05) is 5.73 Å². The Labute approximate surface area is 113 Å². The van der Waals surface area contributed by atoms with E-state index < -0.39 is 0 Å². The maximum atomic E-state index is 5.89. The van der Waals surface area contributed by atoms with E-state index in [0.29, 0.717) is 11.7 Å². The molecule has 0 saturated carbocycles. The first kappa shape index (κ1) is 11.9. The molecule has 2 heterocycles. The van der Waals surface area contributed by atoms with Gasteiger partial charge in [-0.3, -0.25) is 5.10 Å². The molecule has 0 aliphatic heterocycles. The second kappa shape index (κ2) is 4.75. The van der Waals surface area contributed by atoms with Gasteiger partial charge in [0, 0.05) is 16.5 Å². The van der Waals surface area contributed by atoms with Crippen molar-refractivity contribution in [1.82, 2.24) is 10.2 Å². The number of thiophene rings is 1. The van der Waals surface area contributed by atoms with Gasteiger partial charge in [0.2, 0.25) is 0 Å². The Morgan fingerprint density at radius 1 is 1.56 bits per heavy atom.